The lowest BCUT2D eigenvalue weighted by Crippen LogP contribution is -2.57. The highest BCUT2D eigenvalue weighted by Gasteiger charge is 2.30. The van der Waals surface area contributed by atoms with Gasteiger partial charge in [-0.1, -0.05) is 18.2 Å². The van der Waals surface area contributed by atoms with E-state index < -0.39 is 0 Å². The summed E-state index contributed by atoms with van der Waals surface area (Å²) >= 11 is 1.69. The number of nitrogens with one attached hydrogen (secondary N) is 1. The largest absolute Gasteiger partial charge is 0.345 e. The molecule has 1 fully saturated rings. The number of amides is 2. The SMILES string of the molecule is CC1C(=O)NCC(=O)N1CCSc1ccccc1. The van der Waals surface area contributed by atoms with Gasteiger partial charge in [0.05, 0.1) is 6.54 Å². The molecule has 0 bridgehead atoms. The first-order valence-corrected chi connectivity index (χ1v) is 6.92. The Kier molecular flexibility index (Phi) is 4.25. The van der Waals surface area contributed by atoms with Crippen molar-refractivity contribution < 1.29 is 9.59 Å². The standard InChI is InChI=1S/C13H16N2O2S/c1-10-13(17)14-9-12(16)15(10)7-8-18-11-5-3-2-4-6-11/h2-6,10H,7-9H2,1H3,(H,14,17). The molecular weight excluding hydrogens is 248 g/mol. The predicted molar refractivity (Wildman–Crippen MR) is 71.4 cm³/mol. The highest BCUT2D eigenvalue weighted by molar-refractivity contribution is 7.99. The van der Waals surface area contributed by atoms with Crippen LogP contribution < -0.4 is 5.32 Å². The van der Waals surface area contributed by atoms with E-state index in [9.17, 15) is 9.59 Å². The first-order chi connectivity index (χ1) is 8.68. The zero-order valence-electron chi connectivity index (χ0n) is 10.3. The summed E-state index contributed by atoms with van der Waals surface area (Å²) in [5.74, 6) is 0.725. The third-order valence-electron chi connectivity index (χ3n) is 2.93. The molecule has 4 nitrogen and oxygen atoms in total. The molecule has 2 amide bonds. The van der Waals surface area contributed by atoms with Gasteiger partial charge in [0.15, 0.2) is 0 Å². The van der Waals surface area contributed by atoms with E-state index in [0.29, 0.717) is 6.54 Å². The van der Waals surface area contributed by atoms with Crippen LogP contribution in [0.1, 0.15) is 6.92 Å². The van der Waals surface area contributed by atoms with Crippen LogP contribution in [0.15, 0.2) is 35.2 Å². The zero-order valence-corrected chi connectivity index (χ0v) is 11.1. The van der Waals surface area contributed by atoms with Crippen molar-refractivity contribution in [2.75, 3.05) is 18.8 Å². The highest BCUT2D eigenvalue weighted by atomic mass is 32.2. The second-order valence-corrected chi connectivity index (χ2v) is 5.31. The summed E-state index contributed by atoms with van der Waals surface area (Å²) in [6, 6.07) is 9.68. The topological polar surface area (TPSA) is 49.4 Å². The van der Waals surface area contributed by atoms with Gasteiger partial charge in [-0.2, -0.15) is 0 Å². The van der Waals surface area contributed by atoms with E-state index in [2.05, 4.69) is 5.32 Å². The zero-order chi connectivity index (χ0) is 13.0. The summed E-state index contributed by atoms with van der Waals surface area (Å²) in [6.45, 7) is 2.49. The number of carbonyl (C=O) groups excluding carboxylic acids is 2. The molecule has 0 spiro atoms. The first kappa shape index (κ1) is 13.0. The van der Waals surface area contributed by atoms with Gasteiger partial charge in [-0.25, -0.2) is 0 Å². The summed E-state index contributed by atoms with van der Waals surface area (Å²) in [7, 11) is 0. The maximum atomic E-state index is 11.7. The van der Waals surface area contributed by atoms with Gasteiger partial charge in [0, 0.05) is 17.2 Å². The molecule has 0 aliphatic carbocycles. The molecule has 1 aliphatic rings. The Morgan fingerprint density at radius 3 is 2.78 bits per heavy atom. The van der Waals surface area contributed by atoms with Crippen molar-refractivity contribution in [3.8, 4) is 0 Å². The average Bonchev–Trinajstić information content (AvgIpc) is 2.39. The van der Waals surface area contributed by atoms with Crippen molar-refractivity contribution in [2.45, 2.75) is 17.9 Å². The lowest BCUT2D eigenvalue weighted by molar-refractivity contribution is -0.144. The third kappa shape index (κ3) is 3.04. The van der Waals surface area contributed by atoms with Crippen molar-refractivity contribution in [1.29, 1.82) is 0 Å². The summed E-state index contributed by atoms with van der Waals surface area (Å²) in [5.41, 5.74) is 0. The van der Waals surface area contributed by atoms with Crippen LogP contribution in [-0.4, -0.2) is 41.6 Å². The Labute approximate surface area is 111 Å². The quantitative estimate of drug-likeness (QED) is 0.829. The van der Waals surface area contributed by atoms with Crippen LogP contribution in [0.4, 0.5) is 0 Å². The molecule has 1 aliphatic heterocycles. The molecule has 0 radical (unpaired) electrons. The molecule has 1 saturated heterocycles. The van der Waals surface area contributed by atoms with Gasteiger partial charge in [-0.15, -0.1) is 11.8 Å². The van der Waals surface area contributed by atoms with Gasteiger partial charge in [-0.05, 0) is 19.1 Å². The molecular formula is C13H16N2O2S. The van der Waals surface area contributed by atoms with Gasteiger partial charge in [-0.3, -0.25) is 9.59 Å². The highest BCUT2D eigenvalue weighted by Crippen LogP contribution is 2.17. The number of piperazine rings is 1. The van der Waals surface area contributed by atoms with Crippen molar-refractivity contribution in [3.63, 3.8) is 0 Å². The molecule has 0 saturated carbocycles. The number of nitrogens with zero attached hydrogens (tertiary/aromatic N) is 1. The van der Waals surface area contributed by atoms with Gasteiger partial charge >= 0.3 is 0 Å². The van der Waals surface area contributed by atoms with E-state index in [0.717, 1.165) is 5.75 Å². The van der Waals surface area contributed by atoms with Gasteiger partial charge in [0.1, 0.15) is 6.04 Å². The van der Waals surface area contributed by atoms with Gasteiger partial charge in [0.2, 0.25) is 11.8 Å². The number of rotatable bonds is 4. The number of thioether (sulfide) groups is 1. The molecule has 1 N–H and O–H groups in total. The average molecular weight is 264 g/mol. The summed E-state index contributed by atoms with van der Waals surface area (Å²) in [4.78, 5) is 26.0. The normalized spacial score (nSPS) is 19.8. The van der Waals surface area contributed by atoms with Crippen LogP contribution in [0.2, 0.25) is 0 Å². The molecule has 1 unspecified atom stereocenters. The molecule has 2 rings (SSSR count). The van der Waals surface area contributed by atoms with Crippen molar-refractivity contribution >= 4 is 23.6 Å². The lowest BCUT2D eigenvalue weighted by atomic mass is 10.2. The lowest BCUT2D eigenvalue weighted by Gasteiger charge is -2.32. The van der Waals surface area contributed by atoms with Gasteiger partial charge < -0.3 is 10.2 Å². The number of hydrogen-bond acceptors (Lipinski definition) is 3. The molecule has 1 atom stereocenters. The van der Waals surface area contributed by atoms with Crippen LogP contribution >= 0.6 is 11.8 Å². The van der Waals surface area contributed by atoms with E-state index >= 15 is 0 Å². The monoisotopic (exact) mass is 264 g/mol. The maximum absolute atomic E-state index is 11.7. The van der Waals surface area contributed by atoms with Crippen LogP contribution in [0.3, 0.4) is 0 Å². The first-order valence-electron chi connectivity index (χ1n) is 5.93. The Morgan fingerprint density at radius 1 is 1.33 bits per heavy atom. The molecule has 1 aromatic carbocycles. The fourth-order valence-corrected chi connectivity index (χ4v) is 2.74. The predicted octanol–water partition coefficient (Wildman–Crippen LogP) is 1.13. The van der Waals surface area contributed by atoms with Crippen molar-refractivity contribution in [3.05, 3.63) is 30.3 Å². The second-order valence-electron chi connectivity index (χ2n) is 4.14. The smallest absolute Gasteiger partial charge is 0.242 e. The molecule has 1 heterocycles. The fourth-order valence-electron chi connectivity index (χ4n) is 1.87. The Hall–Kier alpha value is -1.49. The van der Waals surface area contributed by atoms with Crippen molar-refractivity contribution in [1.82, 2.24) is 10.2 Å². The van der Waals surface area contributed by atoms with Crippen molar-refractivity contribution in [2.24, 2.45) is 0 Å². The van der Waals surface area contributed by atoms with Crippen LogP contribution in [-0.2, 0) is 9.59 Å². The number of carbonyl (C=O) groups is 2. The van der Waals surface area contributed by atoms with Crippen LogP contribution in [0.5, 0.6) is 0 Å². The fraction of sp³-hybridized carbons (Fsp3) is 0.385. The molecule has 18 heavy (non-hydrogen) atoms. The van der Waals surface area contributed by atoms with Crippen LogP contribution in [0.25, 0.3) is 0 Å². The molecule has 96 valence electrons. The molecule has 1 aromatic rings. The summed E-state index contributed by atoms with van der Waals surface area (Å²) in [5, 5.41) is 2.58. The summed E-state index contributed by atoms with van der Waals surface area (Å²) < 4.78 is 0. The number of hydrogen-bond donors (Lipinski definition) is 1. The summed E-state index contributed by atoms with van der Waals surface area (Å²) in [6.07, 6.45) is 0. The molecule has 5 heteroatoms. The minimum atomic E-state index is -0.359. The Bertz CT molecular complexity index is 436. The van der Waals surface area contributed by atoms with E-state index in [-0.39, 0.29) is 24.4 Å². The van der Waals surface area contributed by atoms with E-state index in [4.69, 9.17) is 0 Å². The third-order valence-corrected chi connectivity index (χ3v) is 3.92. The van der Waals surface area contributed by atoms with E-state index in [1.807, 2.05) is 30.3 Å². The van der Waals surface area contributed by atoms with E-state index in [1.54, 1.807) is 23.6 Å². The van der Waals surface area contributed by atoms with Crippen LogP contribution in [0, 0.1) is 0 Å². The minimum absolute atomic E-state index is 0.00392. The Balaban J connectivity index is 1.85. The minimum Gasteiger partial charge on any atom is -0.345 e. The number of benzene rings is 1. The maximum Gasteiger partial charge on any atom is 0.242 e. The van der Waals surface area contributed by atoms with E-state index in [1.165, 1.54) is 4.90 Å². The second kappa shape index (κ2) is 5.91. The van der Waals surface area contributed by atoms with Gasteiger partial charge in [0.25, 0.3) is 0 Å². The Morgan fingerprint density at radius 2 is 2.06 bits per heavy atom. The molecule has 0 aromatic heterocycles.